The van der Waals surface area contributed by atoms with Crippen LogP contribution in [0.1, 0.15) is 30.3 Å². The van der Waals surface area contributed by atoms with Gasteiger partial charge < -0.3 is 5.32 Å². The molecule has 0 amide bonds. The third-order valence-electron chi connectivity index (χ3n) is 3.11. The zero-order chi connectivity index (χ0) is 14.5. The Kier molecular flexibility index (Phi) is 4.95. The van der Waals surface area contributed by atoms with Gasteiger partial charge in [0, 0.05) is 29.0 Å². The number of aryl methyl sites for hydroxylation is 2. The SMILES string of the molecule is CCCNc1cc(Sc2nc(C)c(C)c(C)n2)ccn1. The number of rotatable bonds is 5. The lowest BCUT2D eigenvalue weighted by atomic mass is 10.2. The van der Waals surface area contributed by atoms with Gasteiger partial charge in [-0.05, 0) is 56.7 Å². The Morgan fingerprint density at radius 2 is 1.85 bits per heavy atom. The molecule has 2 heterocycles. The van der Waals surface area contributed by atoms with Gasteiger partial charge in [0.1, 0.15) is 5.82 Å². The fourth-order valence-electron chi connectivity index (χ4n) is 1.72. The zero-order valence-corrected chi connectivity index (χ0v) is 13.2. The Bertz CT molecular complexity index is 575. The average Bonchev–Trinajstić information content (AvgIpc) is 2.43. The Balaban J connectivity index is 2.17. The van der Waals surface area contributed by atoms with Gasteiger partial charge in [-0.2, -0.15) is 0 Å². The summed E-state index contributed by atoms with van der Waals surface area (Å²) >= 11 is 1.57. The molecule has 0 saturated heterocycles. The number of aromatic nitrogens is 3. The minimum absolute atomic E-state index is 0.790. The van der Waals surface area contributed by atoms with Crippen LogP contribution in [0.3, 0.4) is 0 Å². The van der Waals surface area contributed by atoms with Crippen LogP contribution in [0.5, 0.6) is 0 Å². The summed E-state index contributed by atoms with van der Waals surface area (Å²) in [6.07, 6.45) is 2.90. The number of nitrogens with zero attached hydrogens (tertiary/aromatic N) is 3. The molecule has 1 N–H and O–H groups in total. The molecule has 0 spiro atoms. The van der Waals surface area contributed by atoms with E-state index >= 15 is 0 Å². The summed E-state index contributed by atoms with van der Waals surface area (Å²) < 4.78 is 0. The van der Waals surface area contributed by atoms with Crippen LogP contribution in [-0.2, 0) is 0 Å². The van der Waals surface area contributed by atoms with Crippen LogP contribution < -0.4 is 5.32 Å². The molecule has 5 heteroatoms. The molecule has 4 nitrogen and oxygen atoms in total. The lowest BCUT2D eigenvalue weighted by Crippen LogP contribution is -2.01. The second-order valence-corrected chi connectivity index (χ2v) is 5.75. The van der Waals surface area contributed by atoms with E-state index in [1.54, 1.807) is 11.8 Å². The monoisotopic (exact) mass is 288 g/mol. The van der Waals surface area contributed by atoms with E-state index < -0.39 is 0 Å². The van der Waals surface area contributed by atoms with Crippen molar-refractivity contribution in [3.05, 3.63) is 35.3 Å². The van der Waals surface area contributed by atoms with Crippen LogP contribution in [0, 0.1) is 20.8 Å². The van der Waals surface area contributed by atoms with Crippen LogP contribution in [0.15, 0.2) is 28.4 Å². The Morgan fingerprint density at radius 3 is 2.50 bits per heavy atom. The van der Waals surface area contributed by atoms with Gasteiger partial charge >= 0.3 is 0 Å². The van der Waals surface area contributed by atoms with Crippen molar-refractivity contribution >= 4 is 17.6 Å². The van der Waals surface area contributed by atoms with Crippen molar-refractivity contribution in [3.63, 3.8) is 0 Å². The predicted octanol–water partition coefficient (Wildman–Crippen LogP) is 3.77. The minimum Gasteiger partial charge on any atom is -0.370 e. The highest BCUT2D eigenvalue weighted by molar-refractivity contribution is 7.99. The molecular formula is C15H20N4S. The van der Waals surface area contributed by atoms with Crippen LogP contribution in [-0.4, -0.2) is 21.5 Å². The van der Waals surface area contributed by atoms with Gasteiger partial charge in [0.25, 0.3) is 0 Å². The van der Waals surface area contributed by atoms with Crippen LogP contribution in [0.4, 0.5) is 5.82 Å². The van der Waals surface area contributed by atoms with Gasteiger partial charge in [0.15, 0.2) is 5.16 Å². The fourth-order valence-corrected chi connectivity index (χ4v) is 2.59. The molecule has 0 saturated carbocycles. The van der Waals surface area contributed by atoms with Crippen molar-refractivity contribution in [2.45, 2.75) is 44.2 Å². The molecule has 20 heavy (non-hydrogen) atoms. The largest absolute Gasteiger partial charge is 0.370 e. The van der Waals surface area contributed by atoms with E-state index in [4.69, 9.17) is 0 Å². The van der Waals surface area contributed by atoms with Crippen molar-refractivity contribution in [2.75, 3.05) is 11.9 Å². The molecule has 2 rings (SSSR count). The molecule has 2 aromatic heterocycles. The third kappa shape index (κ3) is 3.70. The first-order valence-electron chi connectivity index (χ1n) is 6.79. The van der Waals surface area contributed by atoms with Crippen molar-refractivity contribution < 1.29 is 0 Å². The maximum atomic E-state index is 4.53. The Morgan fingerprint density at radius 1 is 1.15 bits per heavy atom. The summed E-state index contributed by atoms with van der Waals surface area (Å²) in [5, 5.41) is 4.08. The van der Waals surface area contributed by atoms with Gasteiger partial charge in [-0.25, -0.2) is 15.0 Å². The second-order valence-electron chi connectivity index (χ2n) is 4.71. The number of nitrogens with one attached hydrogen (secondary N) is 1. The molecular weight excluding hydrogens is 268 g/mol. The molecule has 0 bridgehead atoms. The lowest BCUT2D eigenvalue weighted by Gasteiger charge is -2.08. The van der Waals surface area contributed by atoms with E-state index in [0.717, 1.165) is 45.8 Å². The highest BCUT2D eigenvalue weighted by atomic mass is 32.2. The maximum Gasteiger partial charge on any atom is 0.192 e. The summed E-state index contributed by atoms with van der Waals surface area (Å²) in [4.78, 5) is 14.5. The molecule has 0 aromatic carbocycles. The van der Waals surface area contributed by atoms with Gasteiger partial charge in [0.05, 0.1) is 0 Å². The van der Waals surface area contributed by atoms with Crippen LogP contribution >= 0.6 is 11.8 Å². The van der Waals surface area contributed by atoms with Crippen molar-refractivity contribution in [1.82, 2.24) is 15.0 Å². The number of hydrogen-bond acceptors (Lipinski definition) is 5. The molecule has 2 aromatic rings. The summed E-state index contributed by atoms with van der Waals surface area (Å²) in [6, 6.07) is 4.02. The normalized spacial score (nSPS) is 10.6. The van der Waals surface area contributed by atoms with Gasteiger partial charge in [-0.15, -0.1) is 0 Å². The first-order chi connectivity index (χ1) is 9.60. The molecule has 0 aliphatic rings. The highest BCUT2D eigenvalue weighted by Gasteiger charge is 2.07. The van der Waals surface area contributed by atoms with Crippen molar-refractivity contribution in [1.29, 1.82) is 0 Å². The molecule has 106 valence electrons. The summed E-state index contributed by atoms with van der Waals surface area (Å²) in [6.45, 7) is 9.17. The van der Waals surface area contributed by atoms with E-state index in [1.165, 1.54) is 0 Å². The van der Waals surface area contributed by atoms with Crippen molar-refractivity contribution in [3.8, 4) is 0 Å². The molecule has 0 aliphatic carbocycles. The standard InChI is InChI=1S/C15H20N4S/c1-5-7-16-14-9-13(6-8-17-14)20-15-18-11(3)10(2)12(4)19-15/h6,8-9H,5,7H2,1-4H3,(H,16,17). The molecule has 0 aliphatic heterocycles. The Hall–Kier alpha value is -1.62. The zero-order valence-electron chi connectivity index (χ0n) is 12.4. The van der Waals surface area contributed by atoms with Crippen LogP contribution in [0.25, 0.3) is 0 Å². The summed E-state index contributed by atoms with van der Waals surface area (Å²) in [5.74, 6) is 0.900. The van der Waals surface area contributed by atoms with Gasteiger partial charge in [-0.1, -0.05) is 6.92 Å². The summed E-state index contributed by atoms with van der Waals surface area (Å²) in [5.41, 5.74) is 3.24. The first-order valence-corrected chi connectivity index (χ1v) is 7.61. The maximum absolute atomic E-state index is 4.53. The van der Waals surface area contributed by atoms with E-state index in [9.17, 15) is 0 Å². The second kappa shape index (κ2) is 6.70. The highest BCUT2D eigenvalue weighted by Crippen LogP contribution is 2.27. The van der Waals surface area contributed by atoms with Gasteiger partial charge in [-0.3, -0.25) is 0 Å². The summed E-state index contributed by atoms with van der Waals surface area (Å²) in [7, 11) is 0. The van der Waals surface area contributed by atoms with E-state index in [2.05, 4.69) is 34.1 Å². The molecule has 0 unspecified atom stereocenters. The number of hydrogen-bond donors (Lipinski definition) is 1. The molecule has 0 atom stereocenters. The lowest BCUT2D eigenvalue weighted by molar-refractivity contribution is 0.880. The smallest absolute Gasteiger partial charge is 0.192 e. The molecule has 0 fully saturated rings. The average molecular weight is 288 g/mol. The first kappa shape index (κ1) is 14.8. The third-order valence-corrected chi connectivity index (χ3v) is 3.96. The van der Waals surface area contributed by atoms with Crippen molar-refractivity contribution in [2.24, 2.45) is 0 Å². The van der Waals surface area contributed by atoms with Gasteiger partial charge in [0.2, 0.25) is 0 Å². The minimum atomic E-state index is 0.790. The van der Waals surface area contributed by atoms with E-state index in [-0.39, 0.29) is 0 Å². The predicted molar refractivity (Wildman–Crippen MR) is 83.4 cm³/mol. The Labute approximate surface area is 124 Å². The van der Waals surface area contributed by atoms with Crippen LogP contribution in [0.2, 0.25) is 0 Å². The fraction of sp³-hybridized carbons (Fsp3) is 0.400. The van der Waals surface area contributed by atoms with E-state index in [1.807, 2.05) is 32.2 Å². The number of anilines is 1. The van der Waals surface area contributed by atoms with E-state index in [0.29, 0.717) is 0 Å². The quantitative estimate of drug-likeness (QED) is 0.849. The number of pyridine rings is 1. The molecule has 0 radical (unpaired) electrons. The topological polar surface area (TPSA) is 50.7 Å².